The summed E-state index contributed by atoms with van der Waals surface area (Å²) in [4.78, 5) is 17.6. The Bertz CT molecular complexity index is 703. The molecule has 1 aliphatic heterocycles. The summed E-state index contributed by atoms with van der Waals surface area (Å²) in [6.45, 7) is 1.75. The second-order valence-corrected chi connectivity index (χ2v) is 4.74. The molecule has 132 valence electrons. The molecule has 2 heterocycles. The van der Waals surface area contributed by atoms with Crippen LogP contribution in [0.1, 0.15) is 5.56 Å². The maximum atomic E-state index is 12.0. The molecule has 0 unspecified atom stereocenters. The van der Waals surface area contributed by atoms with Crippen LogP contribution in [0.4, 0.5) is 5.82 Å². The first-order chi connectivity index (χ1) is 11.2. The van der Waals surface area contributed by atoms with E-state index < -0.39 is 0 Å². The lowest BCUT2D eigenvalue weighted by atomic mass is 10.2. The zero-order valence-corrected chi connectivity index (χ0v) is 14.9. The van der Waals surface area contributed by atoms with Gasteiger partial charge in [-0.05, 0) is 18.2 Å². The van der Waals surface area contributed by atoms with Crippen molar-refractivity contribution in [3.63, 3.8) is 0 Å². The van der Waals surface area contributed by atoms with E-state index in [4.69, 9.17) is 10.5 Å². The molecule has 0 spiro atoms. The molecule has 7 nitrogen and oxygen atoms in total. The van der Waals surface area contributed by atoms with Crippen LogP contribution in [0.5, 0.6) is 0 Å². The minimum absolute atomic E-state index is 0. The Morgan fingerprint density at radius 1 is 1.24 bits per heavy atom. The molecule has 1 amide bonds. The molecule has 0 aliphatic carbocycles. The third-order valence-corrected chi connectivity index (χ3v) is 3.16. The molecule has 2 rings (SSSR count). The standard InChI is InChI=1S/C16H16N6O.2ClH/c17-9-13-4-5-15(21-11-13)20-7-6-19-12-16(23)22-8-2-1-3-14(22)10-18;;/h1-5,11,19H,6-8,12H2,(H,20,21);2*1H. The van der Waals surface area contributed by atoms with E-state index in [0.29, 0.717) is 36.7 Å². The van der Waals surface area contributed by atoms with Crippen molar-refractivity contribution in [2.45, 2.75) is 0 Å². The number of hydrogen-bond donors (Lipinski definition) is 2. The molecule has 0 fully saturated rings. The van der Waals surface area contributed by atoms with Crippen molar-refractivity contribution in [1.82, 2.24) is 15.2 Å². The minimum atomic E-state index is -0.140. The zero-order chi connectivity index (χ0) is 16.5. The van der Waals surface area contributed by atoms with Gasteiger partial charge in [-0.1, -0.05) is 12.2 Å². The molecular weight excluding hydrogens is 363 g/mol. The number of nitrogens with one attached hydrogen (secondary N) is 2. The van der Waals surface area contributed by atoms with Crippen molar-refractivity contribution in [1.29, 1.82) is 10.5 Å². The number of nitriles is 2. The van der Waals surface area contributed by atoms with E-state index in [9.17, 15) is 4.79 Å². The van der Waals surface area contributed by atoms with Crippen LogP contribution >= 0.6 is 24.8 Å². The average Bonchev–Trinajstić information content (AvgIpc) is 2.61. The number of anilines is 1. The molecule has 0 saturated heterocycles. The minimum Gasteiger partial charge on any atom is -0.369 e. The van der Waals surface area contributed by atoms with Gasteiger partial charge < -0.3 is 10.6 Å². The first kappa shape index (κ1) is 22.4. The van der Waals surface area contributed by atoms with Gasteiger partial charge in [-0.15, -0.1) is 24.8 Å². The smallest absolute Gasteiger partial charge is 0.241 e. The van der Waals surface area contributed by atoms with Crippen LogP contribution in [0.25, 0.3) is 0 Å². The fourth-order valence-electron chi connectivity index (χ4n) is 1.98. The van der Waals surface area contributed by atoms with Gasteiger partial charge in [0.15, 0.2) is 0 Å². The Balaban J connectivity index is 0.00000288. The number of pyridine rings is 1. The third-order valence-electron chi connectivity index (χ3n) is 3.16. The van der Waals surface area contributed by atoms with Gasteiger partial charge in [0.05, 0.1) is 12.1 Å². The van der Waals surface area contributed by atoms with Crippen LogP contribution in [0, 0.1) is 22.7 Å². The fraction of sp³-hybridized carbons (Fsp3) is 0.250. The van der Waals surface area contributed by atoms with Crippen molar-refractivity contribution in [3.05, 3.63) is 47.8 Å². The summed E-state index contributed by atoms with van der Waals surface area (Å²) < 4.78 is 0. The van der Waals surface area contributed by atoms with Gasteiger partial charge in [-0.3, -0.25) is 9.69 Å². The van der Waals surface area contributed by atoms with Gasteiger partial charge in [0.2, 0.25) is 5.91 Å². The highest BCUT2D eigenvalue weighted by atomic mass is 35.5. The molecule has 9 heteroatoms. The summed E-state index contributed by atoms with van der Waals surface area (Å²) in [5, 5.41) is 23.8. The molecule has 2 N–H and O–H groups in total. The Kier molecular flexibility index (Phi) is 10.7. The maximum Gasteiger partial charge on any atom is 0.241 e. The van der Waals surface area contributed by atoms with Crippen LogP contribution in [-0.2, 0) is 4.79 Å². The Morgan fingerprint density at radius 3 is 2.68 bits per heavy atom. The number of aromatic nitrogens is 1. The van der Waals surface area contributed by atoms with Crippen molar-refractivity contribution < 1.29 is 4.79 Å². The van der Waals surface area contributed by atoms with Crippen molar-refractivity contribution in [3.8, 4) is 12.1 Å². The van der Waals surface area contributed by atoms with Crippen molar-refractivity contribution >= 4 is 36.5 Å². The van der Waals surface area contributed by atoms with Crippen molar-refractivity contribution in [2.75, 3.05) is 31.5 Å². The summed E-state index contributed by atoms with van der Waals surface area (Å²) in [6.07, 6.45) is 6.72. The lowest BCUT2D eigenvalue weighted by molar-refractivity contribution is -0.127. The van der Waals surface area contributed by atoms with Crippen LogP contribution < -0.4 is 10.6 Å². The van der Waals surface area contributed by atoms with Crippen LogP contribution in [0.2, 0.25) is 0 Å². The van der Waals surface area contributed by atoms with E-state index in [1.165, 1.54) is 11.1 Å². The van der Waals surface area contributed by atoms with Gasteiger partial charge in [0.1, 0.15) is 23.7 Å². The van der Waals surface area contributed by atoms with Crippen molar-refractivity contribution in [2.24, 2.45) is 0 Å². The Morgan fingerprint density at radius 2 is 2.04 bits per heavy atom. The average molecular weight is 381 g/mol. The Hall–Kier alpha value is -2.58. The number of allylic oxidation sites excluding steroid dienone is 3. The summed E-state index contributed by atoms with van der Waals surface area (Å²) in [5.41, 5.74) is 0.871. The number of halogens is 2. The summed E-state index contributed by atoms with van der Waals surface area (Å²) in [6, 6.07) is 7.43. The van der Waals surface area contributed by atoms with Gasteiger partial charge in [-0.2, -0.15) is 10.5 Å². The number of carbonyl (C=O) groups is 1. The topological polar surface area (TPSA) is 105 Å². The largest absolute Gasteiger partial charge is 0.369 e. The molecule has 0 atom stereocenters. The van der Waals surface area contributed by atoms with E-state index >= 15 is 0 Å². The zero-order valence-electron chi connectivity index (χ0n) is 13.3. The van der Waals surface area contributed by atoms with Gasteiger partial charge >= 0.3 is 0 Å². The van der Waals surface area contributed by atoms with Crippen LogP contribution in [0.3, 0.4) is 0 Å². The molecule has 1 aromatic rings. The van der Waals surface area contributed by atoms with Crippen LogP contribution in [0.15, 0.2) is 42.3 Å². The first-order valence-electron chi connectivity index (χ1n) is 7.12. The number of hydrogen-bond acceptors (Lipinski definition) is 6. The van der Waals surface area contributed by atoms with E-state index in [1.807, 2.05) is 18.2 Å². The first-order valence-corrected chi connectivity index (χ1v) is 7.12. The van der Waals surface area contributed by atoms with Gasteiger partial charge in [-0.25, -0.2) is 4.98 Å². The van der Waals surface area contributed by atoms with Gasteiger partial charge in [0.25, 0.3) is 0 Å². The second-order valence-electron chi connectivity index (χ2n) is 4.74. The SMILES string of the molecule is Cl.Cl.N#CC1=CC=CCN1C(=O)CNCCNc1ccc(C#N)cn1. The second kappa shape index (κ2) is 11.9. The molecule has 0 bridgehead atoms. The third kappa shape index (κ3) is 6.82. The molecule has 0 aromatic carbocycles. The molecular formula is C16H18Cl2N6O. The highest BCUT2D eigenvalue weighted by Gasteiger charge is 2.17. The maximum absolute atomic E-state index is 12.0. The highest BCUT2D eigenvalue weighted by Crippen LogP contribution is 2.08. The summed E-state index contributed by atoms with van der Waals surface area (Å²) in [5.74, 6) is 0.534. The Labute approximate surface area is 158 Å². The molecule has 0 saturated carbocycles. The lowest BCUT2D eigenvalue weighted by Crippen LogP contribution is -2.39. The van der Waals surface area contributed by atoms with E-state index in [-0.39, 0.29) is 37.3 Å². The number of nitrogens with zero attached hydrogens (tertiary/aromatic N) is 4. The molecule has 1 aliphatic rings. The van der Waals surface area contributed by atoms with E-state index in [1.54, 1.807) is 24.3 Å². The lowest BCUT2D eigenvalue weighted by Gasteiger charge is -2.22. The molecule has 1 aromatic heterocycles. The molecule has 25 heavy (non-hydrogen) atoms. The fourth-order valence-corrected chi connectivity index (χ4v) is 1.98. The van der Waals surface area contributed by atoms with E-state index in [0.717, 1.165) is 0 Å². The quantitative estimate of drug-likeness (QED) is 0.726. The van der Waals surface area contributed by atoms with E-state index in [2.05, 4.69) is 15.6 Å². The summed E-state index contributed by atoms with van der Waals surface area (Å²) in [7, 11) is 0. The normalized spacial score (nSPS) is 11.9. The predicted octanol–water partition coefficient (Wildman–Crippen LogP) is 1.60. The number of rotatable bonds is 6. The highest BCUT2D eigenvalue weighted by molar-refractivity contribution is 5.85. The van der Waals surface area contributed by atoms with Crippen LogP contribution in [-0.4, -0.2) is 42.0 Å². The number of amides is 1. The van der Waals surface area contributed by atoms with Gasteiger partial charge in [0, 0.05) is 25.8 Å². The molecule has 0 radical (unpaired) electrons. The number of carbonyl (C=O) groups excluding carboxylic acids is 1. The monoisotopic (exact) mass is 380 g/mol. The predicted molar refractivity (Wildman–Crippen MR) is 99.4 cm³/mol. The summed E-state index contributed by atoms with van der Waals surface area (Å²) >= 11 is 0.